The first-order valence-corrected chi connectivity index (χ1v) is 11.4. The van der Waals surface area contributed by atoms with Crippen LogP contribution in [0.5, 0.6) is 0 Å². The van der Waals surface area contributed by atoms with Crippen LogP contribution < -0.4 is 0 Å². The molecule has 0 saturated heterocycles. The quantitative estimate of drug-likeness (QED) is 0.623. The number of fused-ring (bicyclic) bond motifs is 5. The van der Waals surface area contributed by atoms with E-state index in [9.17, 15) is 19.8 Å². The molecule has 0 aliphatic heterocycles. The average molecular weight is 405 g/mol. The summed E-state index contributed by atoms with van der Waals surface area (Å²) in [4.78, 5) is 24.4. The molecular weight excluding hydrogens is 368 g/mol. The van der Waals surface area contributed by atoms with E-state index in [2.05, 4.69) is 20.8 Å². The van der Waals surface area contributed by atoms with Crippen LogP contribution in [0.4, 0.5) is 0 Å². The molecule has 9 atom stereocenters. The molecule has 0 radical (unpaired) electrons. The van der Waals surface area contributed by atoms with Crippen molar-refractivity contribution in [2.75, 3.05) is 0 Å². The van der Waals surface area contributed by atoms with Gasteiger partial charge in [0, 0.05) is 30.6 Å². The summed E-state index contributed by atoms with van der Waals surface area (Å²) in [6.07, 6.45) is 6.25. The van der Waals surface area contributed by atoms with Crippen molar-refractivity contribution in [2.45, 2.75) is 84.3 Å². The summed E-state index contributed by atoms with van der Waals surface area (Å²) in [5.41, 5.74) is 0.611. The second-order valence-electron chi connectivity index (χ2n) is 10.8. The molecular formula is C24H36O5. The molecule has 3 N–H and O–H groups in total. The zero-order valence-corrected chi connectivity index (χ0v) is 17.9. The average Bonchev–Trinajstić information content (AvgIpc) is 2.99. The van der Waals surface area contributed by atoms with Crippen LogP contribution in [0.3, 0.4) is 0 Å². The summed E-state index contributed by atoms with van der Waals surface area (Å²) in [6.45, 7) is 6.64. The zero-order chi connectivity index (χ0) is 21.1. The van der Waals surface area contributed by atoms with Gasteiger partial charge < -0.3 is 15.3 Å². The number of aliphatic hydroxyl groups excluding tert-OH is 2. The summed E-state index contributed by atoms with van der Waals surface area (Å²) in [5, 5.41) is 30.1. The Labute approximate surface area is 173 Å². The third-order valence-corrected chi connectivity index (χ3v) is 9.59. The molecule has 4 aliphatic rings. The third-order valence-electron chi connectivity index (χ3n) is 9.59. The molecule has 3 fully saturated rings. The van der Waals surface area contributed by atoms with Crippen LogP contribution in [0.25, 0.3) is 0 Å². The van der Waals surface area contributed by atoms with Crippen molar-refractivity contribution in [1.29, 1.82) is 0 Å². The molecule has 0 aromatic rings. The molecule has 162 valence electrons. The first kappa shape index (κ1) is 21.0. The monoisotopic (exact) mass is 404 g/mol. The van der Waals surface area contributed by atoms with E-state index >= 15 is 0 Å². The Balaban J connectivity index is 1.62. The van der Waals surface area contributed by atoms with Crippen LogP contribution in [-0.2, 0) is 9.59 Å². The van der Waals surface area contributed by atoms with Gasteiger partial charge in [-0.3, -0.25) is 9.59 Å². The number of carboxylic acids is 1. The standard InChI is InChI=1S/C24H36O5/c1-13(4-7-21(28)29)16-5-6-17-22-18(8-9-23(16,17)2)24(3)14(11-19(22)26)10-15(25)12-20(24)27/h10,13,15-18,20,22,25,27H,4-9,11-12H2,1-3H3,(H,28,29)/t13?,15?,16?,17?,18?,20?,22?,23-,24+/m0/s1. The van der Waals surface area contributed by atoms with E-state index in [0.717, 1.165) is 31.3 Å². The largest absolute Gasteiger partial charge is 0.481 e. The molecule has 0 spiro atoms. The second-order valence-corrected chi connectivity index (χ2v) is 10.8. The van der Waals surface area contributed by atoms with E-state index < -0.39 is 23.6 Å². The van der Waals surface area contributed by atoms with Gasteiger partial charge in [-0.25, -0.2) is 0 Å². The fourth-order valence-corrected chi connectivity index (χ4v) is 8.00. The molecule has 0 heterocycles. The van der Waals surface area contributed by atoms with E-state index in [1.54, 1.807) is 0 Å². The SMILES string of the molecule is CC(CCC(=O)O)C1CCC2C3C(=O)CC4=CC(O)CC(O)[C@@]4(C)C3CC[C@@]12C. The summed E-state index contributed by atoms with van der Waals surface area (Å²) < 4.78 is 0. The summed E-state index contributed by atoms with van der Waals surface area (Å²) in [7, 11) is 0. The molecule has 0 bridgehead atoms. The molecule has 0 aromatic heterocycles. The Bertz CT molecular complexity index is 729. The molecule has 4 rings (SSSR count). The predicted octanol–water partition coefficient (Wildman–Crippen LogP) is 3.58. The maximum atomic E-state index is 13.3. The van der Waals surface area contributed by atoms with Gasteiger partial charge in [0.1, 0.15) is 5.78 Å². The second kappa shape index (κ2) is 7.19. The number of aliphatic hydroxyl groups is 2. The summed E-state index contributed by atoms with van der Waals surface area (Å²) in [6, 6.07) is 0. The third kappa shape index (κ3) is 3.11. The van der Waals surface area contributed by atoms with Gasteiger partial charge in [0.15, 0.2) is 0 Å². The Morgan fingerprint density at radius 2 is 1.93 bits per heavy atom. The Morgan fingerprint density at radius 1 is 1.21 bits per heavy atom. The Kier molecular flexibility index (Phi) is 5.22. The minimum Gasteiger partial charge on any atom is -0.481 e. The highest BCUT2D eigenvalue weighted by molar-refractivity contribution is 5.86. The number of Topliss-reactive ketones (excluding diaryl/α,β-unsaturated/α-hetero) is 1. The molecule has 7 unspecified atom stereocenters. The van der Waals surface area contributed by atoms with E-state index in [1.165, 1.54) is 0 Å². The summed E-state index contributed by atoms with van der Waals surface area (Å²) in [5.74, 6) is 0.809. The van der Waals surface area contributed by atoms with Crippen molar-refractivity contribution in [1.82, 2.24) is 0 Å². The lowest BCUT2D eigenvalue weighted by atomic mass is 9.45. The van der Waals surface area contributed by atoms with Crippen LogP contribution in [-0.4, -0.2) is 39.3 Å². The van der Waals surface area contributed by atoms with Crippen LogP contribution >= 0.6 is 0 Å². The van der Waals surface area contributed by atoms with Crippen molar-refractivity contribution < 1.29 is 24.9 Å². The van der Waals surface area contributed by atoms with Crippen LogP contribution in [0, 0.1) is 40.4 Å². The predicted molar refractivity (Wildman–Crippen MR) is 109 cm³/mol. The van der Waals surface area contributed by atoms with Gasteiger partial charge in [0.2, 0.25) is 0 Å². The lowest BCUT2D eigenvalue weighted by Gasteiger charge is -2.59. The van der Waals surface area contributed by atoms with Crippen molar-refractivity contribution in [3.8, 4) is 0 Å². The van der Waals surface area contributed by atoms with E-state index in [-0.39, 0.29) is 29.5 Å². The van der Waals surface area contributed by atoms with Gasteiger partial charge in [0.25, 0.3) is 0 Å². The number of aliphatic carboxylic acids is 1. The maximum Gasteiger partial charge on any atom is 0.303 e. The van der Waals surface area contributed by atoms with Gasteiger partial charge in [-0.1, -0.05) is 32.4 Å². The highest BCUT2D eigenvalue weighted by Gasteiger charge is 2.63. The maximum absolute atomic E-state index is 13.3. The van der Waals surface area contributed by atoms with Gasteiger partial charge in [-0.2, -0.15) is 0 Å². The number of hydrogen-bond donors (Lipinski definition) is 3. The Hall–Kier alpha value is -1.20. The number of rotatable bonds is 4. The minimum atomic E-state index is -0.733. The molecule has 3 saturated carbocycles. The van der Waals surface area contributed by atoms with E-state index in [4.69, 9.17) is 5.11 Å². The fraction of sp³-hybridized carbons (Fsp3) is 0.833. The molecule has 5 nitrogen and oxygen atoms in total. The fourth-order valence-electron chi connectivity index (χ4n) is 8.00. The van der Waals surface area contributed by atoms with Crippen molar-refractivity contribution >= 4 is 11.8 Å². The van der Waals surface area contributed by atoms with Crippen LogP contribution in [0.15, 0.2) is 11.6 Å². The molecule has 0 aromatic carbocycles. The normalized spacial score (nSPS) is 47.6. The summed E-state index contributed by atoms with van der Waals surface area (Å²) >= 11 is 0. The molecule has 4 aliphatic carbocycles. The lowest BCUT2D eigenvalue weighted by molar-refractivity contribution is -0.149. The van der Waals surface area contributed by atoms with Crippen LogP contribution in [0.1, 0.15) is 72.1 Å². The van der Waals surface area contributed by atoms with E-state index in [0.29, 0.717) is 37.0 Å². The van der Waals surface area contributed by atoms with Crippen molar-refractivity contribution in [2.24, 2.45) is 40.4 Å². The van der Waals surface area contributed by atoms with Crippen molar-refractivity contribution in [3.63, 3.8) is 0 Å². The number of carboxylic acid groups (broad SMARTS) is 1. The van der Waals surface area contributed by atoms with Gasteiger partial charge in [-0.15, -0.1) is 0 Å². The zero-order valence-electron chi connectivity index (χ0n) is 17.9. The van der Waals surface area contributed by atoms with E-state index in [1.807, 2.05) is 6.08 Å². The van der Waals surface area contributed by atoms with Gasteiger partial charge in [0.05, 0.1) is 12.2 Å². The minimum absolute atomic E-state index is 0.0162. The first-order valence-electron chi connectivity index (χ1n) is 11.4. The van der Waals surface area contributed by atoms with Gasteiger partial charge in [-0.05, 0) is 61.2 Å². The number of hydrogen-bond acceptors (Lipinski definition) is 4. The van der Waals surface area contributed by atoms with Gasteiger partial charge >= 0.3 is 5.97 Å². The van der Waals surface area contributed by atoms with Crippen LogP contribution in [0.2, 0.25) is 0 Å². The smallest absolute Gasteiger partial charge is 0.303 e. The molecule has 0 amide bonds. The molecule has 5 heteroatoms. The number of ketones is 1. The molecule has 29 heavy (non-hydrogen) atoms. The highest BCUT2D eigenvalue weighted by Crippen LogP contribution is 2.67. The topological polar surface area (TPSA) is 94.8 Å². The first-order chi connectivity index (χ1) is 13.6. The number of carbonyl (C=O) groups excluding carboxylic acids is 1. The highest BCUT2D eigenvalue weighted by atomic mass is 16.4. The van der Waals surface area contributed by atoms with Crippen molar-refractivity contribution in [3.05, 3.63) is 11.6 Å². The Morgan fingerprint density at radius 3 is 2.62 bits per heavy atom. The lowest BCUT2D eigenvalue weighted by Crippen LogP contribution is -2.58. The number of carbonyl (C=O) groups is 2.